The first kappa shape index (κ1) is 13.0. The third kappa shape index (κ3) is 2.98. The van der Waals surface area contributed by atoms with Crippen LogP contribution in [0.5, 0.6) is 5.75 Å². The minimum atomic E-state index is -0.774. The molecule has 1 aromatic rings. The molecule has 0 bridgehead atoms. The molecule has 0 aliphatic carbocycles. The Balaban J connectivity index is 2.96. The number of ether oxygens (including phenoxy) is 1. The maximum atomic E-state index is 10.8. The molecular formula is C12H15BrO3. The Bertz CT molecular complexity index is 378. The van der Waals surface area contributed by atoms with Crippen molar-refractivity contribution in [2.75, 3.05) is 7.11 Å². The van der Waals surface area contributed by atoms with Crippen molar-refractivity contribution in [3.05, 3.63) is 27.7 Å². The van der Waals surface area contributed by atoms with E-state index in [0.29, 0.717) is 6.42 Å². The van der Waals surface area contributed by atoms with Crippen molar-refractivity contribution >= 4 is 21.9 Å². The van der Waals surface area contributed by atoms with Crippen LogP contribution in [0.15, 0.2) is 16.6 Å². The summed E-state index contributed by atoms with van der Waals surface area (Å²) in [6, 6.07) is 3.87. The van der Waals surface area contributed by atoms with Crippen molar-refractivity contribution in [2.45, 2.75) is 20.3 Å². The van der Waals surface area contributed by atoms with E-state index in [0.717, 1.165) is 21.3 Å². The predicted octanol–water partition coefficient (Wildman–Crippen LogP) is 3.03. The number of carboxylic acid groups (broad SMARTS) is 1. The summed E-state index contributed by atoms with van der Waals surface area (Å²) in [5.41, 5.74) is 2.00. The van der Waals surface area contributed by atoms with Crippen LogP contribution >= 0.6 is 15.9 Å². The van der Waals surface area contributed by atoms with E-state index in [1.165, 1.54) is 0 Å². The summed E-state index contributed by atoms with van der Waals surface area (Å²) in [5.74, 6) is -0.351. The molecular weight excluding hydrogens is 272 g/mol. The van der Waals surface area contributed by atoms with Gasteiger partial charge in [-0.25, -0.2) is 0 Å². The van der Waals surface area contributed by atoms with Gasteiger partial charge in [-0.15, -0.1) is 0 Å². The summed E-state index contributed by atoms with van der Waals surface area (Å²) in [5, 5.41) is 8.85. The zero-order chi connectivity index (χ0) is 12.3. The first-order valence-electron chi connectivity index (χ1n) is 5.01. The molecule has 4 heteroatoms. The van der Waals surface area contributed by atoms with Gasteiger partial charge in [0, 0.05) is 0 Å². The van der Waals surface area contributed by atoms with Crippen LogP contribution in [0.25, 0.3) is 0 Å². The zero-order valence-electron chi connectivity index (χ0n) is 9.58. The SMILES string of the molecule is COc1c(C)cc(CC(C)C(=O)O)cc1Br. The molecule has 0 spiro atoms. The molecule has 0 aliphatic heterocycles. The first-order chi connectivity index (χ1) is 7.45. The third-order valence-electron chi connectivity index (χ3n) is 2.46. The summed E-state index contributed by atoms with van der Waals surface area (Å²) in [7, 11) is 1.62. The number of benzene rings is 1. The quantitative estimate of drug-likeness (QED) is 0.926. The van der Waals surface area contributed by atoms with E-state index in [-0.39, 0.29) is 5.92 Å². The standard InChI is InChI=1S/C12H15BrO3/c1-7-4-9(5-8(2)12(14)15)6-10(13)11(7)16-3/h4,6,8H,5H2,1-3H3,(H,14,15). The molecule has 0 aromatic heterocycles. The van der Waals surface area contributed by atoms with E-state index >= 15 is 0 Å². The summed E-state index contributed by atoms with van der Waals surface area (Å²) in [6.45, 7) is 3.65. The van der Waals surface area contributed by atoms with Gasteiger partial charge >= 0.3 is 5.97 Å². The van der Waals surface area contributed by atoms with Crippen LogP contribution in [0, 0.1) is 12.8 Å². The fourth-order valence-electron chi connectivity index (χ4n) is 1.62. The lowest BCUT2D eigenvalue weighted by atomic mass is 9.99. The van der Waals surface area contributed by atoms with Gasteiger partial charge in [-0.2, -0.15) is 0 Å². The van der Waals surface area contributed by atoms with Gasteiger partial charge in [-0.1, -0.05) is 13.0 Å². The topological polar surface area (TPSA) is 46.5 Å². The molecule has 16 heavy (non-hydrogen) atoms. The predicted molar refractivity (Wildman–Crippen MR) is 65.9 cm³/mol. The normalized spacial score (nSPS) is 12.2. The summed E-state index contributed by atoms with van der Waals surface area (Å²) < 4.78 is 6.08. The largest absolute Gasteiger partial charge is 0.495 e. The Labute approximate surface area is 104 Å². The smallest absolute Gasteiger partial charge is 0.306 e. The van der Waals surface area contributed by atoms with Crippen LogP contribution in [0.3, 0.4) is 0 Å². The average molecular weight is 287 g/mol. The summed E-state index contributed by atoms with van der Waals surface area (Å²) in [6.07, 6.45) is 0.527. The molecule has 0 heterocycles. The molecule has 1 rings (SSSR count). The monoisotopic (exact) mass is 286 g/mol. The van der Waals surface area contributed by atoms with E-state index in [1.807, 2.05) is 19.1 Å². The van der Waals surface area contributed by atoms with Crippen molar-refractivity contribution < 1.29 is 14.6 Å². The molecule has 1 atom stereocenters. The molecule has 88 valence electrons. The second kappa shape index (κ2) is 5.34. The molecule has 0 saturated heterocycles. The minimum absolute atomic E-state index is 0.375. The van der Waals surface area contributed by atoms with Crippen LogP contribution in [0.1, 0.15) is 18.1 Å². The molecule has 1 unspecified atom stereocenters. The Morgan fingerprint density at radius 2 is 2.19 bits per heavy atom. The molecule has 1 N–H and O–H groups in total. The van der Waals surface area contributed by atoms with E-state index < -0.39 is 5.97 Å². The van der Waals surface area contributed by atoms with E-state index in [4.69, 9.17) is 9.84 Å². The van der Waals surface area contributed by atoms with E-state index in [9.17, 15) is 4.79 Å². The number of halogens is 1. The highest BCUT2D eigenvalue weighted by atomic mass is 79.9. The van der Waals surface area contributed by atoms with Crippen LogP contribution < -0.4 is 4.74 Å². The Morgan fingerprint density at radius 3 is 2.62 bits per heavy atom. The number of hydrogen-bond donors (Lipinski definition) is 1. The van der Waals surface area contributed by atoms with Crippen molar-refractivity contribution in [1.82, 2.24) is 0 Å². The molecule has 0 amide bonds. The highest BCUT2D eigenvalue weighted by molar-refractivity contribution is 9.10. The third-order valence-corrected chi connectivity index (χ3v) is 3.05. The second-order valence-corrected chi connectivity index (χ2v) is 4.73. The van der Waals surface area contributed by atoms with E-state index in [1.54, 1.807) is 14.0 Å². The number of hydrogen-bond acceptors (Lipinski definition) is 2. The number of carboxylic acids is 1. The highest BCUT2D eigenvalue weighted by Crippen LogP contribution is 2.30. The fourth-order valence-corrected chi connectivity index (χ4v) is 2.39. The summed E-state index contributed by atoms with van der Waals surface area (Å²) in [4.78, 5) is 10.8. The molecule has 1 aromatic carbocycles. The lowest BCUT2D eigenvalue weighted by molar-refractivity contribution is -0.141. The van der Waals surface area contributed by atoms with Gasteiger partial charge in [0.2, 0.25) is 0 Å². The lowest BCUT2D eigenvalue weighted by Crippen LogP contribution is -2.12. The molecule has 0 fully saturated rings. The van der Waals surface area contributed by atoms with Crippen LogP contribution in [0.4, 0.5) is 0 Å². The van der Waals surface area contributed by atoms with Gasteiger partial charge in [0.15, 0.2) is 0 Å². The van der Waals surface area contributed by atoms with Crippen molar-refractivity contribution in [3.63, 3.8) is 0 Å². The number of methoxy groups -OCH3 is 1. The number of rotatable bonds is 4. The van der Waals surface area contributed by atoms with Gasteiger partial charge in [0.25, 0.3) is 0 Å². The molecule has 0 aliphatic rings. The maximum Gasteiger partial charge on any atom is 0.306 e. The second-order valence-electron chi connectivity index (χ2n) is 3.87. The number of carbonyl (C=O) groups is 1. The molecule has 3 nitrogen and oxygen atoms in total. The Morgan fingerprint density at radius 1 is 1.56 bits per heavy atom. The number of aliphatic carboxylic acids is 1. The molecule has 0 radical (unpaired) electrons. The van der Waals surface area contributed by atoms with E-state index in [2.05, 4.69) is 15.9 Å². The van der Waals surface area contributed by atoms with Gasteiger partial charge in [0.05, 0.1) is 17.5 Å². The molecule has 0 saturated carbocycles. The van der Waals surface area contributed by atoms with Crippen molar-refractivity contribution in [1.29, 1.82) is 0 Å². The van der Waals surface area contributed by atoms with Gasteiger partial charge in [-0.05, 0) is 46.5 Å². The van der Waals surface area contributed by atoms with Crippen molar-refractivity contribution in [3.8, 4) is 5.75 Å². The van der Waals surface area contributed by atoms with Crippen molar-refractivity contribution in [2.24, 2.45) is 5.92 Å². The Kier molecular flexibility index (Phi) is 4.35. The Hall–Kier alpha value is -1.03. The number of aryl methyl sites for hydroxylation is 1. The first-order valence-corrected chi connectivity index (χ1v) is 5.80. The fraction of sp³-hybridized carbons (Fsp3) is 0.417. The maximum absolute atomic E-state index is 10.8. The van der Waals surface area contributed by atoms with Crippen LogP contribution in [0.2, 0.25) is 0 Å². The van der Waals surface area contributed by atoms with Gasteiger partial charge < -0.3 is 9.84 Å². The zero-order valence-corrected chi connectivity index (χ0v) is 11.2. The van der Waals surface area contributed by atoms with Crippen LogP contribution in [-0.4, -0.2) is 18.2 Å². The lowest BCUT2D eigenvalue weighted by Gasteiger charge is -2.11. The summed E-state index contributed by atoms with van der Waals surface area (Å²) >= 11 is 3.41. The average Bonchev–Trinajstić information content (AvgIpc) is 2.16. The van der Waals surface area contributed by atoms with Crippen LogP contribution in [-0.2, 0) is 11.2 Å². The van der Waals surface area contributed by atoms with Gasteiger partial charge in [0.1, 0.15) is 5.75 Å². The highest BCUT2D eigenvalue weighted by Gasteiger charge is 2.13. The van der Waals surface area contributed by atoms with Gasteiger partial charge in [-0.3, -0.25) is 4.79 Å². The minimum Gasteiger partial charge on any atom is -0.495 e.